The van der Waals surface area contributed by atoms with Crippen LogP contribution in [0.1, 0.15) is 27.2 Å². The molecule has 5 nitrogen and oxygen atoms in total. The first-order valence-corrected chi connectivity index (χ1v) is 8.33. The van der Waals surface area contributed by atoms with Gasteiger partial charge in [0.05, 0.1) is 0 Å². The highest BCUT2D eigenvalue weighted by Crippen LogP contribution is 2.21. The zero-order valence-corrected chi connectivity index (χ0v) is 14.7. The normalized spacial score (nSPS) is 10.4. The van der Waals surface area contributed by atoms with Gasteiger partial charge in [0.25, 0.3) is 11.5 Å². The second-order valence-electron chi connectivity index (χ2n) is 6.07. The minimum Gasteiger partial charge on any atom is -0.457 e. The van der Waals surface area contributed by atoms with Crippen molar-refractivity contribution in [2.75, 3.05) is 0 Å². The number of hydrogen-bond donors (Lipinski definition) is 2. The Kier molecular flexibility index (Phi) is 5.17. The Morgan fingerprint density at radius 1 is 1.00 bits per heavy atom. The van der Waals surface area contributed by atoms with E-state index >= 15 is 0 Å². The summed E-state index contributed by atoms with van der Waals surface area (Å²) in [6.07, 6.45) is 0. The largest absolute Gasteiger partial charge is 0.457 e. The number of ether oxygens (including phenoxy) is 1. The quantitative estimate of drug-likeness (QED) is 0.738. The van der Waals surface area contributed by atoms with Gasteiger partial charge in [0.1, 0.15) is 11.5 Å². The molecule has 3 aromatic rings. The summed E-state index contributed by atoms with van der Waals surface area (Å²) in [5.74, 6) is 1.02. The Balaban J connectivity index is 1.71. The molecule has 1 heterocycles. The highest BCUT2D eigenvalue weighted by Gasteiger charge is 2.10. The number of nitrogens with one attached hydrogen (secondary N) is 2. The summed E-state index contributed by atoms with van der Waals surface area (Å²) < 4.78 is 5.75. The van der Waals surface area contributed by atoms with E-state index in [4.69, 9.17) is 4.74 Å². The fourth-order valence-electron chi connectivity index (χ4n) is 2.70. The monoisotopic (exact) mass is 348 g/mol. The molecule has 0 bridgehead atoms. The van der Waals surface area contributed by atoms with Gasteiger partial charge in [-0.25, -0.2) is 0 Å². The lowest BCUT2D eigenvalue weighted by molar-refractivity contribution is 0.0950. The molecule has 0 fully saturated rings. The summed E-state index contributed by atoms with van der Waals surface area (Å²) in [5.41, 5.74) is 2.50. The molecule has 0 aliphatic heterocycles. The summed E-state index contributed by atoms with van der Waals surface area (Å²) in [7, 11) is 0. The van der Waals surface area contributed by atoms with E-state index in [0.29, 0.717) is 22.6 Å². The zero-order chi connectivity index (χ0) is 18.5. The second-order valence-corrected chi connectivity index (χ2v) is 6.07. The van der Waals surface area contributed by atoms with Gasteiger partial charge in [-0.3, -0.25) is 9.59 Å². The number of para-hydroxylation sites is 1. The van der Waals surface area contributed by atoms with Crippen molar-refractivity contribution in [1.82, 2.24) is 10.3 Å². The molecule has 0 aliphatic carbocycles. The van der Waals surface area contributed by atoms with Gasteiger partial charge < -0.3 is 15.0 Å². The van der Waals surface area contributed by atoms with Crippen molar-refractivity contribution in [3.8, 4) is 11.5 Å². The van der Waals surface area contributed by atoms with E-state index in [1.807, 2.05) is 50.2 Å². The van der Waals surface area contributed by atoms with Crippen LogP contribution in [0.2, 0.25) is 0 Å². The molecular formula is C21H20N2O3. The molecule has 2 aromatic carbocycles. The minimum atomic E-state index is -0.261. The molecule has 0 radical (unpaired) electrons. The topological polar surface area (TPSA) is 71.2 Å². The third-order valence-corrected chi connectivity index (χ3v) is 3.99. The van der Waals surface area contributed by atoms with E-state index in [1.54, 1.807) is 24.3 Å². The van der Waals surface area contributed by atoms with E-state index in [9.17, 15) is 9.59 Å². The van der Waals surface area contributed by atoms with Crippen LogP contribution in [0.15, 0.2) is 65.5 Å². The van der Waals surface area contributed by atoms with Crippen LogP contribution in [0.5, 0.6) is 11.5 Å². The van der Waals surface area contributed by atoms with E-state index in [2.05, 4.69) is 10.3 Å². The molecule has 132 valence electrons. The molecule has 0 saturated carbocycles. The maximum atomic E-state index is 12.4. The summed E-state index contributed by atoms with van der Waals surface area (Å²) in [6.45, 7) is 3.86. The number of H-pyrrole nitrogens is 1. The van der Waals surface area contributed by atoms with E-state index < -0.39 is 0 Å². The number of amides is 1. The van der Waals surface area contributed by atoms with Crippen molar-refractivity contribution in [1.29, 1.82) is 0 Å². The number of aryl methyl sites for hydroxylation is 2. The number of benzene rings is 2. The van der Waals surface area contributed by atoms with Crippen molar-refractivity contribution in [2.45, 2.75) is 20.4 Å². The first-order valence-electron chi connectivity index (χ1n) is 8.33. The van der Waals surface area contributed by atoms with Crippen LogP contribution >= 0.6 is 0 Å². The van der Waals surface area contributed by atoms with Crippen LogP contribution in [-0.2, 0) is 6.54 Å². The van der Waals surface area contributed by atoms with Crippen LogP contribution in [0, 0.1) is 13.8 Å². The van der Waals surface area contributed by atoms with E-state index in [0.717, 1.165) is 11.3 Å². The van der Waals surface area contributed by atoms with Crippen LogP contribution in [0.3, 0.4) is 0 Å². The van der Waals surface area contributed by atoms with Gasteiger partial charge >= 0.3 is 0 Å². The SMILES string of the molecule is Cc1cc(C)c(CNC(=O)c2cccc(Oc3ccccc3)c2)c(=O)[nH]1. The van der Waals surface area contributed by atoms with Crippen LogP contribution in [0.4, 0.5) is 0 Å². The number of carbonyl (C=O) groups excluding carboxylic acids is 1. The predicted octanol–water partition coefficient (Wildman–Crippen LogP) is 3.71. The summed E-state index contributed by atoms with van der Waals surface area (Å²) in [5, 5.41) is 2.79. The lowest BCUT2D eigenvalue weighted by Crippen LogP contribution is -2.27. The molecule has 0 saturated heterocycles. The molecule has 3 rings (SSSR count). The zero-order valence-electron chi connectivity index (χ0n) is 14.7. The molecule has 0 spiro atoms. The summed E-state index contributed by atoms with van der Waals surface area (Å²) >= 11 is 0. The second kappa shape index (κ2) is 7.70. The molecule has 1 amide bonds. The molecule has 0 aliphatic rings. The van der Waals surface area contributed by atoms with Crippen LogP contribution in [0.25, 0.3) is 0 Å². The number of rotatable bonds is 5. The van der Waals surface area contributed by atoms with Crippen molar-refractivity contribution < 1.29 is 9.53 Å². The van der Waals surface area contributed by atoms with Gasteiger partial charge in [0.15, 0.2) is 0 Å². The van der Waals surface area contributed by atoms with Crippen molar-refractivity contribution >= 4 is 5.91 Å². The van der Waals surface area contributed by atoms with E-state index in [1.165, 1.54) is 0 Å². The fourth-order valence-corrected chi connectivity index (χ4v) is 2.70. The van der Waals surface area contributed by atoms with Gasteiger partial charge in [-0.2, -0.15) is 0 Å². The lowest BCUT2D eigenvalue weighted by Gasteiger charge is -2.10. The summed E-state index contributed by atoms with van der Waals surface area (Å²) in [4.78, 5) is 27.2. The highest BCUT2D eigenvalue weighted by molar-refractivity contribution is 5.94. The smallest absolute Gasteiger partial charge is 0.253 e. The van der Waals surface area contributed by atoms with Gasteiger partial charge in [-0.1, -0.05) is 24.3 Å². The van der Waals surface area contributed by atoms with Crippen molar-refractivity contribution in [2.24, 2.45) is 0 Å². The Labute approximate surface area is 151 Å². The van der Waals surface area contributed by atoms with Gasteiger partial charge in [0.2, 0.25) is 0 Å². The average molecular weight is 348 g/mol. The molecule has 0 unspecified atom stereocenters. The standard InChI is InChI=1S/C21H20N2O3/c1-14-11-15(2)23-21(25)19(14)13-22-20(24)16-7-6-10-18(12-16)26-17-8-4-3-5-9-17/h3-12H,13H2,1-2H3,(H,22,24)(H,23,25). The highest BCUT2D eigenvalue weighted by atomic mass is 16.5. The van der Waals surface area contributed by atoms with Gasteiger partial charge in [-0.05, 0) is 55.8 Å². The first-order chi connectivity index (χ1) is 12.5. The average Bonchev–Trinajstić information content (AvgIpc) is 2.61. The van der Waals surface area contributed by atoms with Gasteiger partial charge in [-0.15, -0.1) is 0 Å². The molecular weight excluding hydrogens is 328 g/mol. The Bertz CT molecular complexity index is 978. The number of carbonyl (C=O) groups is 1. The molecule has 1 aromatic heterocycles. The number of hydrogen-bond acceptors (Lipinski definition) is 3. The van der Waals surface area contributed by atoms with Crippen molar-refractivity contribution in [3.63, 3.8) is 0 Å². The minimum absolute atomic E-state index is 0.171. The van der Waals surface area contributed by atoms with Gasteiger partial charge in [0, 0.05) is 23.4 Å². The number of aromatic nitrogens is 1. The fraction of sp³-hybridized carbons (Fsp3) is 0.143. The molecule has 0 atom stereocenters. The number of pyridine rings is 1. The first kappa shape index (κ1) is 17.5. The van der Waals surface area contributed by atoms with Crippen LogP contribution in [-0.4, -0.2) is 10.9 Å². The molecule has 5 heteroatoms. The maximum absolute atomic E-state index is 12.4. The van der Waals surface area contributed by atoms with Crippen LogP contribution < -0.4 is 15.6 Å². The maximum Gasteiger partial charge on any atom is 0.253 e. The Morgan fingerprint density at radius 2 is 1.73 bits per heavy atom. The van der Waals surface area contributed by atoms with Crippen molar-refractivity contribution in [3.05, 3.63) is 93.4 Å². The summed E-state index contributed by atoms with van der Waals surface area (Å²) in [6, 6.07) is 18.2. The Morgan fingerprint density at radius 3 is 2.46 bits per heavy atom. The van der Waals surface area contributed by atoms with E-state index in [-0.39, 0.29) is 18.0 Å². The predicted molar refractivity (Wildman–Crippen MR) is 101 cm³/mol. The Hall–Kier alpha value is -3.34. The molecule has 2 N–H and O–H groups in total. The third-order valence-electron chi connectivity index (χ3n) is 3.99. The molecule has 26 heavy (non-hydrogen) atoms. The lowest BCUT2D eigenvalue weighted by atomic mass is 10.1. The third kappa shape index (κ3) is 4.19. The number of aromatic amines is 1.